The van der Waals surface area contributed by atoms with E-state index in [9.17, 15) is 4.39 Å². The van der Waals surface area contributed by atoms with E-state index >= 15 is 0 Å². The molecule has 0 amide bonds. The monoisotopic (exact) mass is 250 g/mol. The van der Waals surface area contributed by atoms with Crippen LogP contribution in [0.3, 0.4) is 0 Å². The van der Waals surface area contributed by atoms with Crippen molar-refractivity contribution in [3.63, 3.8) is 0 Å². The number of oxazole rings is 1. The number of aromatic nitrogens is 1. The van der Waals surface area contributed by atoms with Crippen molar-refractivity contribution in [1.82, 2.24) is 4.98 Å². The first-order valence-electron chi connectivity index (χ1n) is 5.73. The molecule has 4 nitrogen and oxygen atoms in total. The summed E-state index contributed by atoms with van der Waals surface area (Å²) in [4.78, 5) is 4.13. The Hall–Kier alpha value is -1.88. The molecule has 2 N–H and O–H groups in total. The van der Waals surface area contributed by atoms with Crippen molar-refractivity contribution in [2.24, 2.45) is 5.73 Å². The third kappa shape index (κ3) is 2.68. The lowest BCUT2D eigenvalue weighted by Gasteiger charge is -2.05. The van der Waals surface area contributed by atoms with Crippen LogP contribution in [-0.2, 0) is 6.42 Å². The third-order valence-electron chi connectivity index (χ3n) is 2.58. The van der Waals surface area contributed by atoms with E-state index in [4.69, 9.17) is 14.9 Å². The van der Waals surface area contributed by atoms with Gasteiger partial charge in [0.1, 0.15) is 11.6 Å². The Morgan fingerprint density at radius 2 is 2.28 bits per heavy atom. The molecule has 0 bridgehead atoms. The number of nitrogens with two attached hydrogens (primary N) is 1. The van der Waals surface area contributed by atoms with Crippen molar-refractivity contribution in [3.05, 3.63) is 36.1 Å². The van der Waals surface area contributed by atoms with Gasteiger partial charge in [-0.1, -0.05) is 0 Å². The van der Waals surface area contributed by atoms with Crippen molar-refractivity contribution < 1.29 is 13.5 Å². The van der Waals surface area contributed by atoms with Gasteiger partial charge in [0.25, 0.3) is 0 Å². The molecule has 2 aromatic rings. The summed E-state index contributed by atoms with van der Waals surface area (Å²) < 4.78 is 24.0. The lowest BCUT2D eigenvalue weighted by Crippen LogP contribution is -2.00. The maximum atomic E-state index is 13.2. The molecule has 0 unspecified atom stereocenters. The average Bonchev–Trinajstić information content (AvgIpc) is 2.85. The van der Waals surface area contributed by atoms with Gasteiger partial charge in [-0.3, -0.25) is 0 Å². The van der Waals surface area contributed by atoms with Gasteiger partial charge in [-0.05, 0) is 31.2 Å². The number of aryl methyl sites for hydroxylation is 1. The lowest BCUT2D eigenvalue weighted by atomic mass is 10.1. The Bertz CT molecular complexity index is 525. The minimum Gasteiger partial charge on any atom is -0.496 e. The van der Waals surface area contributed by atoms with Crippen molar-refractivity contribution in [1.29, 1.82) is 0 Å². The van der Waals surface area contributed by atoms with Crippen molar-refractivity contribution in [3.8, 4) is 17.1 Å². The van der Waals surface area contributed by atoms with E-state index in [1.807, 2.05) is 0 Å². The molecule has 0 atom stereocenters. The lowest BCUT2D eigenvalue weighted by molar-refractivity contribution is 0.412. The van der Waals surface area contributed by atoms with Crippen molar-refractivity contribution >= 4 is 0 Å². The van der Waals surface area contributed by atoms with E-state index in [1.54, 1.807) is 12.3 Å². The quantitative estimate of drug-likeness (QED) is 0.885. The largest absolute Gasteiger partial charge is 0.496 e. The summed E-state index contributed by atoms with van der Waals surface area (Å²) in [6.07, 6.45) is 3.05. The van der Waals surface area contributed by atoms with E-state index in [0.29, 0.717) is 35.9 Å². The first-order valence-corrected chi connectivity index (χ1v) is 5.73. The number of methoxy groups -OCH3 is 1. The van der Waals surface area contributed by atoms with Crippen molar-refractivity contribution in [2.75, 3.05) is 13.7 Å². The number of ether oxygens (including phenoxy) is 1. The molecule has 5 heteroatoms. The van der Waals surface area contributed by atoms with E-state index in [0.717, 1.165) is 6.42 Å². The van der Waals surface area contributed by atoms with Gasteiger partial charge >= 0.3 is 0 Å². The Kier molecular flexibility index (Phi) is 3.94. The van der Waals surface area contributed by atoms with Gasteiger partial charge in [0.05, 0.1) is 18.9 Å². The number of halogens is 1. The summed E-state index contributed by atoms with van der Waals surface area (Å²) in [5, 5.41) is 0. The predicted octanol–water partition coefficient (Wildman–Crippen LogP) is 2.38. The van der Waals surface area contributed by atoms with E-state index in [2.05, 4.69) is 4.98 Å². The minimum absolute atomic E-state index is 0.342. The number of rotatable bonds is 5. The van der Waals surface area contributed by atoms with Crippen LogP contribution < -0.4 is 10.5 Å². The first-order chi connectivity index (χ1) is 8.74. The van der Waals surface area contributed by atoms with E-state index < -0.39 is 0 Å². The second-order valence-electron chi connectivity index (χ2n) is 3.86. The number of hydrogen-bond donors (Lipinski definition) is 1. The molecule has 0 spiro atoms. The molecule has 0 aliphatic carbocycles. The highest BCUT2D eigenvalue weighted by atomic mass is 19.1. The van der Waals surface area contributed by atoms with Crippen LogP contribution in [0.15, 0.2) is 28.8 Å². The Morgan fingerprint density at radius 1 is 1.44 bits per heavy atom. The summed E-state index contributed by atoms with van der Waals surface area (Å²) in [7, 11) is 1.53. The van der Waals surface area contributed by atoms with Crippen LogP contribution in [-0.4, -0.2) is 18.6 Å². The Labute approximate surface area is 105 Å². The molecule has 2 rings (SSSR count). The Morgan fingerprint density at radius 3 is 3.00 bits per heavy atom. The van der Waals surface area contributed by atoms with Crippen molar-refractivity contribution in [2.45, 2.75) is 12.8 Å². The van der Waals surface area contributed by atoms with Gasteiger partial charge < -0.3 is 14.9 Å². The molecule has 1 heterocycles. The molecule has 0 saturated heterocycles. The SMILES string of the molecule is COc1ccc(F)cc1-c1cnc(CCCN)o1. The first kappa shape index (κ1) is 12.6. The molecule has 0 aliphatic heterocycles. The van der Waals surface area contributed by atoms with Gasteiger partial charge in [0.2, 0.25) is 0 Å². The highest BCUT2D eigenvalue weighted by Crippen LogP contribution is 2.31. The summed E-state index contributed by atoms with van der Waals surface area (Å²) in [5.74, 6) is 1.31. The smallest absolute Gasteiger partial charge is 0.194 e. The zero-order chi connectivity index (χ0) is 13.0. The van der Waals surface area contributed by atoms with Gasteiger partial charge in [0, 0.05) is 6.42 Å². The highest BCUT2D eigenvalue weighted by Gasteiger charge is 2.12. The van der Waals surface area contributed by atoms with Crippen LogP contribution >= 0.6 is 0 Å². The fourth-order valence-electron chi connectivity index (χ4n) is 1.68. The topological polar surface area (TPSA) is 61.3 Å². The van der Waals surface area contributed by atoms with Gasteiger partial charge in [-0.15, -0.1) is 0 Å². The maximum absolute atomic E-state index is 13.2. The predicted molar refractivity (Wildman–Crippen MR) is 65.8 cm³/mol. The molecule has 1 aromatic heterocycles. The minimum atomic E-state index is -0.342. The summed E-state index contributed by atoms with van der Waals surface area (Å²) >= 11 is 0. The highest BCUT2D eigenvalue weighted by molar-refractivity contribution is 5.65. The second-order valence-corrected chi connectivity index (χ2v) is 3.86. The summed E-state index contributed by atoms with van der Waals surface area (Å²) in [6.45, 7) is 0.584. The molecular weight excluding hydrogens is 235 g/mol. The summed E-state index contributed by atoms with van der Waals surface area (Å²) in [5.41, 5.74) is 5.98. The molecule has 0 radical (unpaired) electrons. The maximum Gasteiger partial charge on any atom is 0.194 e. The zero-order valence-electron chi connectivity index (χ0n) is 10.1. The molecular formula is C13H15FN2O2. The van der Waals surface area contributed by atoms with Crippen LogP contribution in [0.1, 0.15) is 12.3 Å². The number of benzene rings is 1. The van der Waals surface area contributed by atoms with Gasteiger partial charge in [-0.25, -0.2) is 9.37 Å². The van der Waals surface area contributed by atoms with Crippen LogP contribution in [0.2, 0.25) is 0 Å². The zero-order valence-corrected chi connectivity index (χ0v) is 10.1. The van der Waals surface area contributed by atoms with Crippen LogP contribution in [0, 0.1) is 5.82 Å². The molecule has 0 aliphatic rings. The van der Waals surface area contributed by atoms with Crippen LogP contribution in [0.5, 0.6) is 5.75 Å². The van der Waals surface area contributed by atoms with Gasteiger partial charge in [-0.2, -0.15) is 0 Å². The second kappa shape index (κ2) is 5.64. The molecule has 0 saturated carbocycles. The molecule has 1 aromatic carbocycles. The normalized spacial score (nSPS) is 10.6. The molecule has 0 fully saturated rings. The fourth-order valence-corrected chi connectivity index (χ4v) is 1.68. The van der Waals surface area contributed by atoms with Gasteiger partial charge in [0.15, 0.2) is 11.7 Å². The summed E-state index contributed by atoms with van der Waals surface area (Å²) in [6, 6.07) is 4.27. The number of hydrogen-bond acceptors (Lipinski definition) is 4. The van der Waals surface area contributed by atoms with E-state index in [-0.39, 0.29) is 5.82 Å². The van der Waals surface area contributed by atoms with E-state index in [1.165, 1.54) is 19.2 Å². The van der Waals surface area contributed by atoms with Crippen LogP contribution in [0.25, 0.3) is 11.3 Å². The fraction of sp³-hybridized carbons (Fsp3) is 0.308. The third-order valence-corrected chi connectivity index (χ3v) is 2.58. The van der Waals surface area contributed by atoms with Crippen LogP contribution in [0.4, 0.5) is 4.39 Å². The average molecular weight is 250 g/mol. The molecule has 96 valence electrons. The standard InChI is InChI=1S/C13H15FN2O2/c1-17-11-5-4-9(14)7-10(11)12-8-16-13(18-12)3-2-6-15/h4-5,7-8H,2-3,6,15H2,1H3. The Balaban J connectivity index is 2.30. The molecule has 18 heavy (non-hydrogen) atoms. The number of nitrogens with zero attached hydrogens (tertiary/aromatic N) is 1.